The summed E-state index contributed by atoms with van der Waals surface area (Å²) in [6.45, 7) is 0.793. The maximum absolute atomic E-state index is 13.5. The molecule has 1 saturated heterocycles. The molecule has 180 valence electrons. The van der Waals surface area contributed by atoms with Gasteiger partial charge in [-0.15, -0.1) is 0 Å². The Kier molecular flexibility index (Phi) is 5.47. The summed E-state index contributed by atoms with van der Waals surface area (Å²) in [6, 6.07) is 19.5. The van der Waals surface area contributed by atoms with E-state index in [4.69, 9.17) is 0 Å². The first-order chi connectivity index (χ1) is 16.9. The van der Waals surface area contributed by atoms with Crippen molar-refractivity contribution in [1.82, 2.24) is 15.4 Å². The molecule has 1 aliphatic heterocycles. The lowest BCUT2D eigenvalue weighted by atomic mass is 9.59. The summed E-state index contributed by atoms with van der Waals surface area (Å²) in [7, 11) is -3.98. The fourth-order valence-corrected chi connectivity index (χ4v) is 7.30. The summed E-state index contributed by atoms with van der Waals surface area (Å²) >= 11 is 0. The number of halogens is 1. The minimum Gasteiger partial charge on any atom is -0.349 e. The minimum atomic E-state index is -3.98. The number of carbonyl (C=O) groups excluding carboxylic acids is 1. The summed E-state index contributed by atoms with van der Waals surface area (Å²) < 4.78 is 43.3. The van der Waals surface area contributed by atoms with Crippen molar-refractivity contribution in [2.45, 2.75) is 47.7 Å². The van der Waals surface area contributed by atoms with Gasteiger partial charge in [0, 0.05) is 11.8 Å². The molecule has 3 aromatic rings. The van der Waals surface area contributed by atoms with E-state index in [0.717, 1.165) is 53.8 Å². The van der Waals surface area contributed by atoms with Crippen LogP contribution < -0.4 is 15.4 Å². The highest BCUT2D eigenvalue weighted by atomic mass is 32.2. The molecule has 35 heavy (non-hydrogen) atoms. The number of carbonyl (C=O) groups is 1. The van der Waals surface area contributed by atoms with Gasteiger partial charge in [0.15, 0.2) is 0 Å². The van der Waals surface area contributed by atoms with Crippen molar-refractivity contribution in [3.63, 3.8) is 0 Å². The lowest BCUT2D eigenvalue weighted by Gasteiger charge is -2.51. The fourth-order valence-electron chi connectivity index (χ4n) is 6.03. The van der Waals surface area contributed by atoms with Crippen LogP contribution in [0.15, 0.2) is 77.7 Å². The van der Waals surface area contributed by atoms with E-state index in [1.54, 1.807) is 0 Å². The van der Waals surface area contributed by atoms with Crippen LogP contribution in [0, 0.1) is 5.82 Å². The number of rotatable bonds is 5. The molecule has 1 heterocycles. The fraction of sp³-hybridized carbons (Fsp3) is 0.296. The van der Waals surface area contributed by atoms with E-state index in [0.29, 0.717) is 0 Å². The third-order valence-electron chi connectivity index (χ3n) is 7.54. The van der Waals surface area contributed by atoms with E-state index in [1.807, 2.05) is 36.4 Å². The third-order valence-corrected chi connectivity index (χ3v) is 9.01. The first-order valence-corrected chi connectivity index (χ1v) is 13.4. The second-order valence-corrected chi connectivity index (χ2v) is 11.2. The number of benzene rings is 3. The van der Waals surface area contributed by atoms with Gasteiger partial charge in [-0.2, -0.15) is 0 Å². The lowest BCUT2D eigenvalue weighted by Crippen LogP contribution is -2.63. The van der Waals surface area contributed by atoms with Gasteiger partial charge in [-0.1, -0.05) is 48.5 Å². The summed E-state index contributed by atoms with van der Waals surface area (Å²) in [5.74, 6) is -1.08. The van der Waals surface area contributed by atoms with Crippen LogP contribution in [0.2, 0.25) is 0 Å². The maximum Gasteiger partial charge on any atom is 0.240 e. The van der Waals surface area contributed by atoms with E-state index in [9.17, 15) is 17.6 Å². The molecule has 6 nitrogen and oxygen atoms in total. The van der Waals surface area contributed by atoms with E-state index < -0.39 is 27.9 Å². The van der Waals surface area contributed by atoms with Crippen LogP contribution in [0.3, 0.4) is 0 Å². The highest BCUT2D eigenvalue weighted by Gasteiger charge is 2.51. The molecule has 3 aliphatic carbocycles. The predicted molar refractivity (Wildman–Crippen MR) is 130 cm³/mol. The molecule has 8 heteroatoms. The van der Waals surface area contributed by atoms with Crippen LogP contribution in [0.1, 0.15) is 46.9 Å². The van der Waals surface area contributed by atoms with E-state index in [2.05, 4.69) is 27.5 Å². The molecule has 0 saturated carbocycles. The molecular formula is C27H26FN3O3S. The summed E-state index contributed by atoms with van der Waals surface area (Å²) in [6.07, 6.45) is 1.69. The number of fused-ring (bicyclic) bond motifs is 1. The van der Waals surface area contributed by atoms with Crippen molar-refractivity contribution in [3.05, 3.63) is 101 Å². The Hall–Kier alpha value is -3.07. The van der Waals surface area contributed by atoms with Crippen LogP contribution in [0.5, 0.6) is 0 Å². The molecule has 3 aromatic carbocycles. The standard InChI is InChI=1S/C27H26FN3O3S/c28-16-11-13-17(14-12-16)35(33,34)31-26-24-20-8-3-1-6-18(20)23(19-7-2-4-9-21(19)24)25(26)30-27(32)22-10-5-15-29-22/h1-4,6-9,11-14,22-26,29,31H,5,10,15H2,(H,30,32)/t22-,23?,24?,25+,26+/m0/s1. The largest absolute Gasteiger partial charge is 0.349 e. The zero-order chi connectivity index (χ0) is 24.2. The number of hydrogen-bond acceptors (Lipinski definition) is 4. The van der Waals surface area contributed by atoms with Gasteiger partial charge in [0.25, 0.3) is 0 Å². The second kappa shape index (κ2) is 8.55. The van der Waals surface area contributed by atoms with Gasteiger partial charge >= 0.3 is 0 Å². The normalized spacial score (nSPS) is 26.7. The quantitative estimate of drug-likeness (QED) is 0.512. The van der Waals surface area contributed by atoms with Gasteiger partial charge in [-0.05, 0) is 65.9 Å². The first-order valence-electron chi connectivity index (χ1n) is 11.9. The van der Waals surface area contributed by atoms with Gasteiger partial charge in [0.05, 0.1) is 23.0 Å². The third kappa shape index (κ3) is 3.76. The van der Waals surface area contributed by atoms with Crippen LogP contribution in [-0.2, 0) is 14.8 Å². The molecule has 3 N–H and O–H groups in total. The SMILES string of the molecule is O=C(N[C@@H]1C2c3ccccc3C(c3ccccc32)[C@H]1NS(=O)(=O)c1ccc(F)cc1)[C@@H]1CCCN1. The Balaban J connectivity index is 1.46. The molecule has 0 unspecified atom stereocenters. The highest BCUT2D eigenvalue weighted by Crippen LogP contribution is 2.53. The summed E-state index contributed by atoms with van der Waals surface area (Å²) in [4.78, 5) is 13.2. The summed E-state index contributed by atoms with van der Waals surface area (Å²) in [5, 5.41) is 6.46. The van der Waals surface area contributed by atoms with Gasteiger partial charge in [-0.25, -0.2) is 17.5 Å². The monoisotopic (exact) mass is 491 g/mol. The predicted octanol–water partition coefficient (Wildman–Crippen LogP) is 3.00. The van der Waals surface area contributed by atoms with Crippen molar-refractivity contribution in [2.24, 2.45) is 0 Å². The molecule has 0 radical (unpaired) electrons. The zero-order valence-corrected chi connectivity index (χ0v) is 19.8. The molecule has 2 bridgehead atoms. The Morgan fingerprint density at radius 1 is 0.829 bits per heavy atom. The molecule has 7 rings (SSSR count). The topological polar surface area (TPSA) is 87.3 Å². The minimum absolute atomic E-state index is 0.00977. The zero-order valence-electron chi connectivity index (χ0n) is 18.9. The van der Waals surface area contributed by atoms with Crippen molar-refractivity contribution in [2.75, 3.05) is 6.54 Å². The van der Waals surface area contributed by atoms with Crippen LogP contribution >= 0.6 is 0 Å². The average Bonchev–Trinajstić information content (AvgIpc) is 3.40. The molecule has 0 spiro atoms. The lowest BCUT2D eigenvalue weighted by molar-refractivity contribution is -0.123. The Bertz CT molecular complexity index is 1340. The Labute approximate surface area is 204 Å². The number of hydrogen-bond donors (Lipinski definition) is 3. The van der Waals surface area contributed by atoms with Gasteiger partial charge < -0.3 is 10.6 Å². The Morgan fingerprint density at radius 2 is 1.37 bits per heavy atom. The van der Waals surface area contributed by atoms with Gasteiger partial charge in [0.2, 0.25) is 15.9 Å². The maximum atomic E-state index is 13.5. The summed E-state index contributed by atoms with van der Waals surface area (Å²) in [5.41, 5.74) is 4.34. The second-order valence-electron chi connectivity index (χ2n) is 9.50. The van der Waals surface area contributed by atoms with Crippen LogP contribution in [-0.4, -0.2) is 39.0 Å². The van der Waals surface area contributed by atoms with Gasteiger partial charge in [0.1, 0.15) is 5.82 Å². The van der Waals surface area contributed by atoms with Crippen molar-refractivity contribution < 1.29 is 17.6 Å². The molecule has 3 atom stereocenters. The molecule has 4 aliphatic rings. The van der Waals surface area contributed by atoms with Crippen molar-refractivity contribution >= 4 is 15.9 Å². The van der Waals surface area contributed by atoms with E-state index in [1.165, 1.54) is 12.1 Å². The average molecular weight is 492 g/mol. The van der Waals surface area contributed by atoms with Crippen LogP contribution in [0.4, 0.5) is 4.39 Å². The first kappa shape index (κ1) is 22.4. The van der Waals surface area contributed by atoms with Crippen molar-refractivity contribution in [3.8, 4) is 0 Å². The highest BCUT2D eigenvalue weighted by molar-refractivity contribution is 7.89. The number of sulfonamides is 1. The molecule has 1 amide bonds. The van der Waals surface area contributed by atoms with E-state index >= 15 is 0 Å². The van der Waals surface area contributed by atoms with Crippen molar-refractivity contribution in [1.29, 1.82) is 0 Å². The molecule has 1 fully saturated rings. The number of nitrogens with one attached hydrogen (secondary N) is 3. The Morgan fingerprint density at radius 3 is 1.89 bits per heavy atom. The van der Waals surface area contributed by atoms with Gasteiger partial charge in [-0.3, -0.25) is 4.79 Å². The van der Waals surface area contributed by atoms with Crippen LogP contribution in [0.25, 0.3) is 0 Å². The van der Waals surface area contributed by atoms with E-state index in [-0.39, 0.29) is 28.7 Å². The molecule has 0 aromatic heterocycles. The smallest absolute Gasteiger partial charge is 0.240 e. The number of amides is 1. The molecular weight excluding hydrogens is 465 g/mol.